The first-order valence-corrected chi connectivity index (χ1v) is 14.4. The molecule has 2 aromatic carbocycles. The average molecular weight is 539 g/mol. The number of piperidine rings is 1. The third-order valence-electron chi connectivity index (χ3n) is 9.32. The first-order valence-electron chi connectivity index (χ1n) is 14.4. The van der Waals surface area contributed by atoms with Gasteiger partial charge in [-0.3, -0.25) is 10.0 Å². The van der Waals surface area contributed by atoms with Crippen LogP contribution < -0.4 is 15.1 Å². The van der Waals surface area contributed by atoms with Gasteiger partial charge in [0.2, 0.25) is 0 Å². The SMILES string of the molecule is COc1ccc(CC2CCC3(CC2)CCN(c2ccnc4c2ccn4Cc2ccc(C(=O)NO)cc2)CC3)cc1. The summed E-state index contributed by atoms with van der Waals surface area (Å²) in [5.41, 5.74) is 7.37. The molecule has 3 heterocycles. The monoisotopic (exact) mass is 538 g/mol. The number of hydrogen-bond acceptors (Lipinski definition) is 5. The Hall–Kier alpha value is -3.84. The molecule has 6 rings (SSSR count). The molecule has 0 unspecified atom stereocenters. The molecule has 208 valence electrons. The van der Waals surface area contributed by atoms with E-state index < -0.39 is 5.91 Å². The van der Waals surface area contributed by atoms with Crippen LogP contribution in [0.4, 0.5) is 5.69 Å². The Morgan fingerprint density at radius 3 is 2.35 bits per heavy atom. The van der Waals surface area contributed by atoms with E-state index in [4.69, 9.17) is 14.9 Å². The second-order valence-corrected chi connectivity index (χ2v) is 11.6. The highest BCUT2D eigenvalue weighted by Crippen LogP contribution is 2.48. The fraction of sp³-hybridized carbons (Fsp3) is 0.394. The van der Waals surface area contributed by atoms with E-state index in [0.717, 1.165) is 36.0 Å². The Balaban J connectivity index is 1.07. The number of carbonyl (C=O) groups excluding carboxylic acids is 1. The molecular formula is C33H38N4O3. The Morgan fingerprint density at radius 1 is 0.975 bits per heavy atom. The molecule has 1 aliphatic heterocycles. The zero-order chi connectivity index (χ0) is 27.5. The number of anilines is 1. The van der Waals surface area contributed by atoms with Crippen molar-refractivity contribution in [1.29, 1.82) is 0 Å². The van der Waals surface area contributed by atoms with Crippen LogP contribution in [-0.2, 0) is 13.0 Å². The molecule has 1 aliphatic carbocycles. The summed E-state index contributed by atoms with van der Waals surface area (Å²) in [7, 11) is 1.72. The molecule has 1 amide bonds. The van der Waals surface area contributed by atoms with Crippen LogP contribution in [0.2, 0.25) is 0 Å². The summed E-state index contributed by atoms with van der Waals surface area (Å²) in [4.78, 5) is 18.9. The van der Waals surface area contributed by atoms with Gasteiger partial charge in [-0.1, -0.05) is 24.3 Å². The topological polar surface area (TPSA) is 79.6 Å². The van der Waals surface area contributed by atoms with Gasteiger partial charge in [0, 0.05) is 48.7 Å². The summed E-state index contributed by atoms with van der Waals surface area (Å²) in [6.07, 6.45) is 13.1. The van der Waals surface area contributed by atoms with Gasteiger partial charge in [-0.25, -0.2) is 10.5 Å². The number of methoxy groups -OCH3 is 1. The molecule has 2 aromatic heterocycles. The van der Waals surface area contributed by atoms with Gasteiger partial charge in [0.15, 0.2) is 0 Å². The molecule has 0 radical (unpaired) electrons. The third kappa shape index (κ3) is 5.43. The maximum absolute atomic E-state index is 11.6. The van der Waals surface area contributed by atoms with Gasteiger partial charge >= 0.3 is 0 Å². The predicted octanol–water partition coefficient (Wildman–Crippen LogP) is 6.23. The van der Waals surface area contributed by atoms with Gasteiger partial charge in [0.05, 0.1) is 7.11 Å². The van der Waals surface area contributed by atoms with Crippen molar-refractivity contribution in [1.82, 2.24) is 15.0 Å². The minimum atomic E-state index is -0.505. The molecule has 7 nitrogen and oxygen atoms in total. The van der Waals surface area contributed by atoms with E-state index >= 15 is 0 Å². The molecule has 40 heavy (non-hydrogen) atoms. The highest BCUT2D eigenvalue weighted by molar-refractivity contribution is 5.93. The summed E-state index contributed by atoms with van der Waals surface area (Å²) in [5.74, 6) is 1.22. The number of rotatable bonds is 7. The van der Waals surface area contributed by atoms with Gasteiger partial charge < -0.3 is 14.2 Å². The van der Waals surface area contributed by atoms with Gasteiger partial charge in [-0.2, -0.15) is 0 Å². The second kappa shape index (κ2) is 11.3. The van der Waals surface area contributed by atoms with Crippen LogP contribution in [0.3, 0.4) is 0 Å². The largest absolute Gasteiger partial charge is 0.497 e. The maximum Gasteiger partial charge on any atom is 0.274 e. The van der Waals surface area contributed by atoms with Gasteiger partial charge in [-0.05, 0) is 104 Å². The Morgan fingerprint density at radius 2 is 1.68 bits per heavy atom. The van der Waals surface area contributed by atoms with Crippen LogP contribution in [0.1, 0.15) is 60.0 Å². The number of amides is 1. The summed E-state index contributed by atoms with van der Waals surface area (Å²) in [6.45, 7) is 2.87. The van der Waals surface area contributed by atoms with Crippen molar-refractivity contribution in [2.24, 2.45) is 11.3 Å². The van der Waals surface area contributed by atoms with Crippen molar-refractivity contribution in [2.75, 3.05) is 25.1 Å². The van der Waals surface area contributed by atoms with E-state index in [2.05, 4.69) is 52.1 Å². The van der Waals surface area contributed by atoms with E-state index in [1.165, 1.54) is 61.6 Å². The fourth-order valence-corrected chi connectivity index (χ4v) is 6.81. The number of nitrogens with zero attached hydrogens (tertiary/aromatic N) is 3. The molecule has 7 heteroatoms. The normalized spacial score (nSPS) is 17.3. The summed E-state index contributed by atoms with van der Waals surface area (Å²) >= 11 is 0. The van der Waals surface area contributed by atoms with Crippen molar-refractivity contribution in [3.63, 3.8) is 0 Å². The molecule has 1 saturated carbocycles. The minimum absolute atomic E-state index is 0.428. The smallest absolute Gasteiger partial charge is 0.274 e. The molecule has 0 bridgehead atoms. The van der Waals surface area contributed by atoms with E-state index in [-0.39, 0.29) is 0 Å². The molecule has 1 spiro atoms. The van der Waals surface area contributed by atoms with E-state index in [9.17, 15) is 4.79 Å². The zero-order valence-corrected chi connectivity index (χ0v) is 23.2. The van der Waals surface area contributed by atoms with Crippen LogP contribution in [-0.4, -0.2) is 40.9 Å². The third-order valence-corrected chi connectivity index (χ3v) is 9.32. The molecule has 2 N–H and O–H groups in total. The number of benzene rings is 2. The molecule has 1 saturated heterocycles. The van der Waals surface area contributed by atoms with Crippen molar-refractivity contribution in [2.45, 2.75) is 51.5 Å². The van der Waals surface area contributed by atoms with Crippen LogP contribution >= 0.6 is 0 Å². The molecule has 0 atom stereocenters. The molecule has 2 aliphatic rings. The van der Waals surface area contributed by atoms with Gasteiger partial charge in [-0.15, -0.1) is 0 Å². The van der Waals surface area contributed by atoms with E-state index in [1.54, 1.807) is 24.7 Å². The lowest BCUT2D eigenvalue weighted by molar-refractivity contribution is 0.0706. The Kier molecular flexibility index (Phi) is 7.48. The quantitative estimate of drug-likeness (QED) is 0.215. The van der Waals surface area contributed by atoms with Gasteiger partial charge in [0.25, 0.3) is 5.91 Å². The number of pyridine rings is 1. The minimum Gasteiger partial charge on any atom is -0.497 e. The fourth-order valence-electron chi connectivity index (χ4n) is 6.81. The summed E-state index contributed by atoms with van der Waals surface area (Å²) in [6, 6.07) is 20.2. The zero-order valence-electron chi connectivity index (χ0n) is 23.2. The van der Waals surface area contributed by atoms with Gasteiger partial charge in [0.1, 0.15) is 11.4 Å². The number of hydroxylamine groups is 1. The van der Waals surface area contributed by atoms with Crippen molar-refractivity contribution in [3.8, 4) is 5.75 Å². The molecular weight excluding hydrogens is 500 g/mol. The Bertz CT molecular complexity index is 1440. The van der Waals surface area contributed by atoms with Crippen molar-refractivity contribution < 1.29 is 14.7 Å². The van der Waals surface area contributed by atoms with Crippen LogP contribution in [0.5, 0.6) is 5.75 Å². The van der Waals surface area contributed by atoms with Crippen molar-refractivity contribution >= 4 is 22.6 Å². The first kappa shape index (κ1) is 26.4. The number of ether oxygens (including phenoxy) is 1. The number of aromatic nitrogens is 2. The number of hydrogen-bond donors (Lipinski definition) is 2. The number of fused-ring (bicyclic) bond motifs is 1. The van der Waals surface area contributed by atoms with Crippen molar-refractivity contribution in [3.05, 3.63) is 89.7 Å². The van der Waals surface area contributed by atoms with E-state index in [1.807, 2.05) is 18.3 Å². The summed E-state index contributed by atoms with van der Waals surface area (Å²) < 4.78 is 7.47. The van der Waals surface area contributed by atoms with Crippen LogP contribution in [0.25, 0.3) is 11.0 Å². The maximum atomic E-state index is 11.6. The highest BCUT2D eigenvalue weighted by Gasteiger charge is 2.38. The number of nitrogens with one attached hydrogen (secondary N) is 1. The predicted molar refractivity (Wildman–Crippen MR) is 157 cm³/mol. The standard InChI is InChI=1S/C33H38N4O3/c1-40-28-8-4-24(5-9-28)22-25-10-14-33(15-11-25)16-20-36(21-17-33)30-12-18-34-31-29(30)13-19-37(31)23-26-2-6-27(7-3-26)32(38)35-39/h2-9,12-13,18-19,25,39H,10-11,14-17,20-23H2,1H3,(H,35,38). The van der Waals surface area contributed by atoms with Crippen LogP contribution in [0.15, 0.2) is 73.1 Å². The lowest BCUT2D eigenvalue weighted by Gasteiger charge is -2.46. The van der Waals surface area contributed by atoms with Crippen LogP contribution in [0, 0.1) is 11.3 Å². The lowest BCUT2D eigenvalue weighted by atomic mass is 9.64. The Labute approximate surface area is 235 Å². The highest BCUT2D eigenvalue weighted by atomic mass is 16.5. The molecule has 4 aromatic rings. The second-order valence-electron chi connectivity index (χ2n) is 11.6. The first-order chi connectivity index (χ1) is 19.6. The summed E-state index contributed by atoms with van der Waals surface area (Å²) in [5, 5.41) is 10.0. The van der Waals surface area contributed by atoms with E-state index in [0.29, 0.717) is 17.5 Å². The lowest BCUT2D eigenvalue weighted by Crippen LogP contribution is -2.42. The number of carbonyl (C=O) groups is 1. The molecule has 2 fully saturated rings. The average Bonchev–Trinajstić information content (AvgIpc) is 3.42.